The van der Waals surface area contributed by atoms with E-state index in [2.05, 4.69) is 10.3 Å². The van der Waals surface area contributed by atoms with Crippen LogP contribution in [0.15, 0.2) is 66.7 Å². The van der Waals surface area contributed by atoms with Gasteiger partial charge in [-0.25, -0.2) is 9.07 Å². The molecule has 0 saturated carbocycles. The Bertz CT molecular complexity index is 1090. The fourth-order valence-electron chi connectivity index (χ4n) is 2.81. The molecule has 0 N–H and O–H groups in total. The van der Waals surface area contributed by atoms with Crippen LogP contribution < -0.4 is 0 Å². The summed E-state index contributed by atoms with van der Waals surface area (Å²) in [5.41, 5.74) is 1.49. The van der Waals surface area contributed by atoms with E-state index < -0.39 is 5.82 Å². The molecule has 4 nitrogen and oxygen atoms in total. The standard InChI is InChI=1S/C19H11FN4/c20-16-10-4-3-9-15(16)19-17(12-21)22-23-24(19)18-11-5-7-13-6-1-2-8-14(13)18/h1-11H. The first kappa shape index (κ1) is 14.1. The van der Waals surface area contributed by atoms with Crippen LogP contribution in [-0.2, 0) is 0 Å². The van der Waals surface area contributed by atoms with Gasteiger partial charge in [0.2, 0.25) is 0 Å². The molecule has 0 aliphatic carbocycles. The van der Waals surface area contributed by atoms with Crippen LogP contribution >= 0.6 is 0 Å². The number of fused-ring (bicyclic) bond motifs is 1. The van der Waals surface area contributed by atoms with Crippen LogP contribution in [0.3, 0.4) is 0 Å². The van der Waals surface area contributed by atoms with E-state index in [9.17, 15) is 9.65 Å². The van der Waals surface area contributed by atoms with Gasteiger partial charge in [-0.1, -0.05) is 53.7 Å². The Morgan fingerprint density at radius 3 is 2.50 bits per heavy atom. The summed E-state index contributed by atoms with van der Waals surface area (Å²) in [5, 5.41) is 19.4. The van der Waals surface area contributed by atoms with Crippen molar-refractivity contribution in [3.8, 4) is 23.0 Å². The fourth-order valence-corrected chi connectivity index (χ4v) is 2.81. The van der Waals surface area contributed by atoms with Gasteiger partial charge in [0.25, 0.3) is 0 Å². The summed E-state index contributed by atoms with van der Waals surface area (Å²) in [4.78, 5) is 0. The number of hydrogen-bond donors (Lipinski definition) is 0. The average molecular weight is 314 g/mol. The van der Waals surface area contributed by atoms with Crippen LogP contribution in [0.1, 0.15) is 5.69 Å². The van der Waals surface area contributed by atoms with E-state index >= 15 is 0 Å². The lowest BCUT2D eigenvalue weighted by Crippen LogP contribution is -2.02. The molecule has 0 aliphatic rings. The number of nitrogens with zero attached hydrogens (tertiary/aromatic N) is 4. The third-order valence-corrected chi connectivity index (χ3v) is 3.90. The molecule has 24 heavy (non-hydrogen) atoms. The topological polar surface area (TPSA) is 54.5 Å². The summed E-state index contributed by atoms with van der Waals surface area (Å²) in [5.74, 6) is -0.419. The number of aromatic nitrogens is 3. The molecule has 0 spiro atoms. The van der Waals surface area contributed by atoms with Gasteiger partial charge in [0.1, 0.15) is 17.6 Å². The largest absolute Gasteiger partial charge is 0.211 e. The summed E-state index contributed by atoms with van der Waals surface area (Å²) >= 11 is 0. The molecule has 0 amide bonds. The van der Waals surface area contributed by atoms with Gasteiger partial charge in [0, 0.05) is 10.9 Å². The fraction of sp³-hybridized carbons (Fsp3) is 0. The first-order valence-electron chi connectivity index (χ1n) is 7.38. The van der Waals surface area contributed by atoms with Gasteiger partial charge in [-0.2, -0.15) is 5.26 Å². The van der Waals surface area contributed by atoms with Crippen molar-refractivity contribution in [1.82, 2.24) is 15.0 Å². The van der Waals surface area contributed by atoms with Crippen molar-refractivity contribution in [1.29, 1.82) is 5.26 Å². The summed E-state index contributed by atoms with van der Waals surface area (Å²) in [6.07, 6.45) is 0. The maximum atomic E-state index is 14.3. The number of hydrogen-bond acceptors (Lipinski definition) is 3. The third kappa shape index (κ3) is 2.13. The minimum Gasteiger partial charge on any atom is -0.211 e. The molecule has 0 atom stereocenters. The predicted octanol–water partition coefficient (Wildman–Crippen LogP) is 4.10. The van der Waals surface area contributed by atoms with Crippen molar-refractivity contribution in [2.75, 3.05) is 0 Å². The normalized spacial score (nSPS) is 10.7. The summed E-state index contributed by atoms with van der Waals surface area (Å²) in [7, 11) is 0. The lowest BCUT2D eigenvalue weighted by molar-refractivity contribution is 0.629. The molecule has 0 bridgehead atoms. The van der Waals surface area contributed by atoms with Crippen LogP contribution in [0.25, 0.3) is 27.7 Å². The van der Waals surface area contributed by atoms with Gasteiger partial charge in [-0.3, -0.25) is 0 Å². The van der Waals surface area contributed by atoms with E-state index in [-0.39, 0.29) is 5.69 Å². The average Bonchev–Trinajstić information content (AvgIpc) is 3.05. The second kappa shape index (κ2) is 5.60. The van der Waals surface area contributed by atoms with Crippen molar-refractivity contribution >= 4 is 10.8 Å². The van der Waals surface area contributed by atoms with Crippen LogP contribution in [0, 0.1) is 17.1 Å². The zero-order valence-corrected chi connectivity index (χ0v) is 12.5. The molecule has 1 heterocycles. The smallest absolute Gasteiger partial charge is 0.191 e. The second-order valence-corrected chi connectivity index (χ2v) is 5.29. The van der Waals surface area contributed by atoms with Crippen LogP contribution in [0.4, 0.5) is 4.39 Å². The number of rotatable bonds is 2. The van der Waals surface area contributed by atoms with Crippen molar-refractivity contribution in [2.24, 2.45) is 0 Å². The third-order valence-electron chi connectivity index (χ3n) is 3.90. The summed E-state index contributed by atoms with van der Waals surface area (Å²) in [6.45, 7) is 0. The first-order chi connectivity index (χ1) is 11.8. The van der Waals surface area contributed by atoms with E-state index in [4.69, 9.17) is 0 Å². The molecule has 0 saturated heterocycles. The quantitative estimate of drug-likeness (QED) is 0.560. The highest BCUT2D eigenvalue weighted by Crippen LogP contribution is 2.30. The lowest BCUT2D eigenvalue weighted by atomic mass is 10.1. The number of benzene rings is 3. The van der Waals surface area contributed by atoms with Crippen molar-refractivity contribution < 1.29 is 4.39 Å². The molecule has 114 valence electrons. The molecular weight excluding hydrogens is 303 g/mol. The molecule has 3 aromatic carbocycles. The maximum absolute atomic E-state index is 14.3. The highest BCUT2D eigenvalue weighted by molar-refractivity contribution is 5.90. The van der Waals surface area contributed by atoms with Gasteiger partial charge in [0.05, 0.1) is 5.69 Å². The van der Waals surface area contributed by atoms with E-state index in [1.54, 1.807) is 18.2 Å². The zero-order valence-electron chi connectivity index (χ0n) is 12.5. The molecule has 4 aromatic rings. The summed E-state index contributed by atoms with van der Waals surface area (Å²) in [6, 6.07) is 21.9. The lowest BCUT2D eigenvalue weighted by Gasteiger charge is -2.10. The van der Waals surface area contributed by atoms with E-state index in [0.717, 1.165) is 16.5 Å². The SMILES string of the molecule is N#Cc1nnn(-c2cccc3ccccc23)c1-c1ccccc1F. The van der Waals surface area contributed by atoms with Crippen LogP contribution in [0.2, 0.25) is 0 Å². The Kier molecular flexibility index (Phi) is 3.29. The second-order valence-electron chi connectivity index (χ2n) is 5.29. The van der Waals surface area contributed by atoms with Crippen molar-refractivity contribution in [2.45, 2.75) is 0 Å². The predicted molar refractivity (Wildman–Crippen MR) is 89.0 cm³/mol. The van der Waals surface area contributed by atoms with Gasteiger partial charge in [-0.15, -0.1) is 5.10 Å². The van der Waals surface area contributed by atoms with Gasteiger partial charge in [-0.05, 0) is 23.6 Å². The Morgan fingerprint density at radius 2 is 1.67 bits per heavy atom. The monoisotopic (exact) mass is 314 g/mol. The Labute approximate surface area is 137 Å². The Morgan fingerprint density at radius 1 is 0.917 bits per heavy atom. The van der Waals surface area contributed by atoms with E-state index in [0.29, 0.717) is 11.3 Å². The number of nitriles is 1. The van der Waals surface area contributed by atoms with Crippen molar-refractivity contribution in [3.63, 3.8) is 0 Å². The molecule has 0 unspecified atom stereocenters. The zero-order chi connectivity index (χ0) is 16.5. The molecular formula is C19H11FN4. The molecule has 5 heteroatoms. The first-order valence-corrected chi connectivity index (χ1v) is 7.38. The van der Waals surface area contributed by atoms with Gasteiger partial charge in [0.15, 0.2) is 5.69 Å². The van der Waals surface area contributed by atoms with E-state index in [1.165, 1.54) is 10.7 Å². The molecule has 0 aliphatic heterocycles. The molecule has 0 fully saturated rings. The highest BCUT2D eigenvalue weighted by atomic mass is 19.1. The van der Waals surface area contributed by atoms with Crippen molar-refractivity contribution in [3.05, 3.63) is 78.2 Å². The Balaban J connectivity index is 2.06. The molecule has 1 aromatic heterocycles. The molecule has 0 radical (unpaired) electrons. The maximum Gasteiger partial charge on any atom is 0.191 e. The summed E-state index contributed by atoms with van der Waals surface area (Å²) < 4.78 is 15.8. The number of halogens is 1. The Hall–Kier alpha value is -3.52. The minimum atomic E-state index is -0.419. The van der Waals surface area contributed by atoms with Crippen LogP contribution in [-0.4, -0.2) is 15.0 Å². The van der Waals surface area contributed by atoms with Gasteiger partial charge >= 0.3 is 0 Å². The molecule has 4 rings (SSSR count). The van der Waals surface area contributed by atoms with Crippen LogP contribution in [0.5, 0.6) is 0 Å². The highest BCUT2D eigenvalue weighted by Gasteiger charge is 2.20. The minimum absolute atomic E-state index is 0.0908. The van der Waals surface area contributed by atoms with E-state index in [1.807, 2.05) is 48.5 Å². The van der Waals surface area contributed by atoms with Gasteiger partial charge < -0.3 is 0 Å².